The number of nitrogens with zero attached hydrogens (tertiary/aromatic N) is 3. The average molecular weight is 385 g/mol. The van der Waals surface area contributed by atoms with Gasteiger partial charge in [-0.05, 0) is 40.9 Å². The van der Waals surface area contributed by atoms with Crippen LogP contribution in [0.5, 0.6) is 0 Å². The highest BCUT2D eigenvalue weighted by Gasteiger charge is 2.25. The van der Waals surface area contributed by atoms with Gasteiger partial charge in [0.05, 0.1) is 11.4 Å². The molecule has 0 aliphatic heterocycles. The number of halogens is 1. The Hall–Kier alpha value is -1.25. The van der Waals surface area contributed by atoms with Crippen molar-refractivity contribution in [3.8, 4) is 0 Å². The van der Waals surface area contributed by atoms with E-state index in [-0.39, 0.29) is 11.4 Å². The van der Waals surface area contributed by atoms with Crippen LogP contribution in [0, 0.1) is 0 Å². The van der Waals surface area contributed by atoms with Gasteiger partial charge in [0, 0.05) is 17.4 Å². The van der Waals surface area contributed by atoms with Crippen molar-refractivity contribution in [2.24, 2.45) is 7.05 Å². The van der Waals surface area contributed by atoms with Crippen LogP contribution in [0.4, 0.5) is 0 Å². The Kier molecular flexibility index (Phi) is 4.33. The third kappa shape index (κ3) is 2.95. The molecule has 3 rings (SSSR count). The van der Waals surface area contributed by atoms with Gasteiger partial charge in [0.25, 0.3) is 0 Å². The first-order chi connectivity index (χ1) is 10.5. The van der Waals surface area contributed by atoms with Gasteiger partial charge in [0.2, 0.25) is 10.0 Å². The van der Waals surface area contributed by atoms with E-state index in [2.05, 4.69) is 30.8 Å². The largest absolute Gasteiger partial charge is 0.317 e. The van der Waals surface area contributed by atoms with E-state index < -0.39 is 10.0 Å². The number of nitrogens with one attached hydrogen (secondary N) is 1. The maximum absolute atomic E-state index is 12.3. The fraction of sp³-hybridized carbons (Fsp3) is 0.429. The van der Waals surface area contributed by atoms with E-state index in [0.29, 0.717) is 16.2 Å². The third-order valence-corrected chi connectivity index (χ3v) is 6.43. The zero-order valence-electron chi connectivity index (χ0n) is 12.2. The minimum atomic E-state index is -3.59. The molecule has 0 amide bonds. The molecule has 1 heterocycles. The predicted octanol–water partition coefficient (Wildman–Crippen LogP) is 2.32. The number of benzene rings is 1. The van der Waals surface area contributed by atoms with Gasteiger partial charge in [-0.15, -0.1) is 10.2 Å². The van der Waals surface area contributed by atoms with Crippen LogP contribution < -0.4 is 4.72 Å². The van der Waals surface area contributed by atoms with E-state index in [1.54, 1.807) is 24.3 Å². The van der Waals surface area contributed by atoms with Crippen LogP contribution in [0.25, 0.3) is 0 Å². The van der Waals surface area contributed by atoms with Gasteiger partial charge in [-0.25, -0.2) is 13.1 Å². The molecule has 22 heavy (non-hydrogen) atoms. The van der Waals surface area contributed by atoms with Gasteiger partial charge in [-0.1, -0.05) is 18.6 Å². The Labute approximate surface area is 138 Å². The Balaban J connectivity index is 1.75. The highest BCUT2D eigenvalue weighted by Crippen LogP contribution is 2.35. The standard InChI is InChI=1S/C14H17BrN4O2S/c1-19-13(17-18-14(19)10-5-4-6-10)9-16-22(20,21)12-8-3-2-7-11(12)15/h2-3,7-8,10,16H,4-6,9H2,1H3. The molecule has 0 bridgehead atoms. The smallest absolute Gasteiger partial charge is 0.242 e. The number of sulfonamides is 1. The topological polar surface area (TPSA) is 76.9 Å². The fourth-order valence-electron chi connectivity index (χ4n) is 2.45. The summed E-state index contributed by atoms with van der Waals surface area (Å²) in [7, 11) is -1.70. The molecule has 6 nitrogen and oxygen atoms in total. The van der Waals surface area contributed by atoms with Crippen molar-refractivity contribution in [1.82, 2.24) is 19.5 Å². The average Bonchev–Trinajstić information content (AvgIpc) is 2.77. The van der Waals surface area contributed by atoms with Gasteiger partial charge in [-0.3, -0.25) is 0 Å². The Morgan fingerprint density at radius 2 is 2.05 bits per heavy atom. The summed E-state index contributed by atoms with van der Waals surface area (Å²) in [5, 5.41) is 8.31. The number of hydrogen-bond donors (Lipinski definition) is 1. The summed E-state index contributed by atoms with van der Waals surface area (Å²) in [6.07, 6.45) is 3.49. The fourth-order valence-corrected chi connectivity index (χ4v) is 4.43. The summed E-state index contributed by atoms with van der Waals surface area (Å²) in [5.74, 6) is 2.03. The van der Waals surface area contributed by atoms with Crippen LogP contribution in [0.3, 0.4) is 0 Å². The molecule has 0 saturated heterocycles. The highest BCUT2D eigenvalue weighted by atomic mass is 79.9. The number of rotatable bonds is 5. The van der Waals surface area contributed by atoms with Gasteiger partial charge in [-0.2, -0.15) is 0 Å². The third-order valence-electron chi connectivity index (χ3n) is 4.02. The first kappa shape index (κ1) is 15.6. The molecule has 118 valence electrons. The van der Waals surface area contributed by atoms with Gasteiger partial charge in [0.15, 0.2) is 0 Å². The molecule has 1 saturated carbocycles. The normalized spacial score (nSPS) is 15.7. The van der Waals surface area contributed by atoms with Crippen LogP contribution in [0.2, 0.25) is 0 Å². The van der Waals surface area contributed by atoms with Crippen LogP contribution in [0.1, 0.15) is 36.8 Å². The Morgan fingerprint density at radius 3 is 2.68 bits per heavy atom. The van der Waals surface area contributed by atoms with Crippen LogP contribution in [0.15, 0.2) is 33.6 Å². The Morgan fingerprint density at radius 1 is 1.32 bits per heavy atom. The minimum absolute atomic E-state index is 0.125. The summed E-state index contributed by atoms with van der Waals surface area (Å²) in [4.78, 5) is 0.219. The quantitative estimate of drug-likeness (QED) is 0.857. The van der Waals surface area contributed by atoms with Crippen molar-refractivity contribution >= 4 is 26.0 Å². The van der Waals surface area contributed by atoms with Gasteiger partial charge >= 0.3 is 0 Å². The molecule has 0 radical (unpaired) electrons. The van der Waals surface area contributed by atoms with E-state index in [1.807, 2.05) is 11.6 Å². The molecule has 1 aliphatic rings. The molecule has 0 unspecified atom stereocenters. The molecule has 2 aromatic rings. The zero-order valence-corrected chi connectivity index (χ0v) is 14.6. The van der Waals surface area contributed by atoms with Gasteiger partial charge < -0.3 is 4.57 Å². The minimum Gasteiger partial charge on any atom is -0.317 e. The van der Waals surface area contributed by atoms with Crippen LogP contribution in [-0.2, 0) is 23.6 Å². The molecule has 1 aromatic heterocycles. The lowest BCUT2D eigenvalue weighted by Crippen LogP contribution is -2.25. The lowest BCUT2D eigenvalue weighted by molar-refractivity contribution is 0.391. The van der Waals surface area contributed by atoms with E-state index in [4.69, 9.17) is 0 Å². The number of aromatic nitrogens is 3. The van der Waals surface area contributed by atoms with E-state index in [1.165, 1.54) is 6.42 Å². The summed E-state index contributed by atoms with van der Waals surface area (Å²) < 4.78 is 29.7. The summed E-state index contributed by atoms with van der Waals surface area (Å²) in [5.41, 5.74) is 0. The van der Waals surface area contributed by atoms with Crippen molar-refractivity contribution in [3.05, 3.63) is 40.4 Å². The van der Waals surface area contributed by atoms with E-state index >= 15 is 0 Å². The second-order valence-corrected chi connectivity index (χ2v) is 8.01. The van der Waals surface area contributed by atoms with E-state index in [0.717, 1.165) is 18.7 Å². The van der Waals surface area contributed by atoms with Crippen LogP contribution >= 0.6 is 15.9 Å². The SMILES string of the molecule is Cn1c(CNS(=O)(=O)c2ccccc2Br)nnc1C1CCC1. The lowest BCUT2D eigenvalue weighted by Gasteiger charge is -2.24. The van der Waals surface area contributed by atoms with E-state index in [9.17, 15) is 8.42 Å². The Bertz CT molecular complexity index is 784. The second-order valence-electron chi connectivity index (χ2n) is 5.42. The van der Waals surface area contributed by atoms with Crippen molar-refractivity contribution in [1.29, 1.82) is 0 Å². The molecule has 1 fully saturated rings. The molecular weight excluding hydrogens is 368 g/mol. The van der Waals surface area contributed by atoms with Crippen LogP contribution in [-0.4, -0.2) is 23.2 Å². The molecule has 0 spiro atoms. The molecule has 8 heteroatoms. The lowest BCUT2D eigenvalue weighted by atomic mass is 9.85. The molecule has 1 aromatic carbocycles. The number of hydrogen-bond acceptors (Lipinski definition) is 4. The van der Waals surface area contributed by atoms with Crippen molar-refractivity contribution < 1.29 is 8.42 Å². The highest BCUT2D eigenvalue weighted by molar-refractivity contribution is 9.10. The predicted molar refractivity (Wildman–Crippen MR) is 85.8 cm³/mol. The first-order valence-electron chi connectivity index (χ1n) is 7.11. The second kappa shape index (κ2) is 6.10. The van der Waals surface area contributed by atoms with Crippen molar-refractivity contribution in [3.63, 3.8) is 0 Å². The summed E-state index contributed by atoms with van der Waals surface area (Å²) >= 11 is 3.26. The summed E-state index contributed by atoms with van der Waals surface area (Å²) in [6, 6.07) is 6.72. The van der Waals surface area contributed by atoms with Crippen molar-refractivity contribution in [2.75, 3.05) is 0 Å². The molecular formula is C14H17BrN4O2S. The maximum atomic E-state index is 12.3. The molecule has 1 aliphatic carbocycles. The molecule has 1 N–H and O–H groups in total. The first-order valence-corrected chi connectivity index (χ1v) is 9.39. The summed E-state index contributed by atoms with van der Waals surface area (Å²) in [6.45, 7) is 0.125. The molecule has 0 atom stereocenters. The maximum Gasteiger partial charge on any atom is 0.242 e. The van der Waals surface area contributed by atoms with Crippen molar-refractivity contribution in [2.45, 2.75) is 36.6 Å². The van der Waals surface area contributed by atoms with Gasteiger partial charge in [0.1, 0.15) is 11.6 Å². The zero-order chi connectivity index (χ0) is 15.7. The monoisotopic (exact) mass is 384 g/mol.